The van der Waals surface area contributed by atoms with Crippen LogP contribution in [0, 0.1) is 0 Å². The fourth-order valence-electron chi connectivity index (χ4n) is 4.17. The molecular weight excluding hydrogens is 338 g/mol. The number of benzene rings is 1. The number of likely N-dealkylation sites (tertiary alicyclic amines) is 1. The first-order valence-corrected chi connectivity index (χ1v) is 9.56. The minimum atomic E-state index is -0.0241. The number of piperidine rings is 1. The number of fused-ring (bicyclic) bond motifs is 1. The second-order valence-corrected chi connectivity index (χ2v) is 8.50. The van der Waals surface area contributed by atoms with Gasteiger partial charge >= 0.3 is 0 Å². The maximum absolute atomic E-state index is 12.7. The van der Waals surface area contributed by atoms with Gasteiger partial charge in [0, 0.05) is 22.7 Å². The Balaban J connectivity index is 1.66. The third-order valence-electron chi connectivity index (χ3n) is 5.79. The van der Waals surface area contributed by atoms with E-state index in [1.165, 1.54) is 18.1 Å². The van der Waals surface area contributed by atoms with E-state index in [4.69, 9.17) is 10.3 Å². The first-order valence-electron chi connectivity index (χ1n) is 9.56. The van der Waals surface area contributed by atoms with Crippen molar-refractivity contribution in [2.45, 2.75) is 45.1 Å². The number of hydrogen-bond acceptors (Lipinski definition) is 4. The topological polar surface area (TPSA) is 64.4 Å². The van der Waals surface area contributed by atoms with Crippen LogP contribution >= 0.6 is 0 Å². The average Bonchev–Trinajstić information content (AvgIpc) is 3.29. The van der Waals surface area contributed by atoms with Crippen molar-refractivity contribution in [1.29, 1.82) is 0 Å². The van der Waals surface area contributed by atoms with Gasteiger partial charge in [0.1, 0.15) is 6.26 Å². The molecule has 0 spiro atoms. The molecule has 0 amide bonds. The van der Waals surface area contributed by atoms with Gasteiger partial charge in [-0.15, -0.1) is 0 Å². The van der Waals surface area contributed by atoms with Crippen LogP contribution in [0.1, 0.15) is 61.0 Å². The molecule has 5 heteroatoms. The summed E-state index contributed by atoms with van der Waals surface area (Å²) in [6, 6.07) is 7.46. The Bertz CT molecular complexity index is 956. The lowest BCUT2D eigenvalue weighted by atomic mass is 9.87. The van der Waals surface area contributed by atoms with Crippen LogP contribution in [0.4, 0.5) is 0 Å². The van der Waals surface area contributed by atoms with E-state index >= 15 is 0 Å². The van der Waals surface area contributed by atoms with Crippen molar-refractivity contribution in [2.24, 2.45) is 0 Å². The van der Waals surface area contributed by atoms with Gasteiger partial charge in [0.05, 0.1) is 17.3 Å². The molecule has 0 atom stereocenters. The van der Waals surface area contributed by atoms with E-state index in [1.54, 1.807) is 10.7 Å². The molecule has 0 unspecified atom stereocenters. The van der Waals surface area contributed by atoms with Crippen molar-refractivity contribution in [2.75, 3.05) is 18.9 Å². The Morgan fingerprint density at radius 3 is 2.52 bits per heavy atom. The molecule has 0 bridgehead atoms. The number of rotatable bonds is 3. The van der Waals surface area contributed by atoms with Crippen LogP contribution in [-0.2, 0) is 0 Å². The average molecular weight is 365 g/mol. The zero-order valence-corrected chi connectivity index (χ0v) is 16.2. The molecule has 4 rings (SSSR count). The second kappa shape index (κ2) is 6.57. The van der Waals surface area contributed by atoms with E-state index in [0.717, 1.165) is 36.8 Å². The van der Waals surface area contributed by atoms with Crippen LogP contribution in [0.2, 0.25) is 0 Å². The number of hydrogen-bond donors (Lipinski definition) is 1. The largest absolute Gasteiger partial charge is 0.472 e. The minimum Gasteiger partial charge on any atom is -0.472 e. The van der Waals surface area contributed by atoms with Crippen LogP contribution < -0.4 is 5.84 Å². The highest BCUT2D eigenvalue weighted by molar-refractivity contribution is 6.10. The van der Waals surface area contributed by atoms with Crippen molar-refractivity contribution < 1.29 is 9.21 Å². The third kappa shape index (κ3) is 3.28. The smallest absolute Gasteiger partial charge is 0.196 e. The fourth-order valence-corrected chi connectivity index (χ4v) is 4.17. The predicted molar refractivity (Wildman–Crippen MR) is 108 cm³/mol. The number of nitrogens with two attached hydrogens (primary N) is 1. The van der Waals surface area contributed by atoms with E-state index in [1.807, 2.05) is 24.4 Å². The lowest BCUT2D eigenvalue weighted by Gasteiger charge is -2.40. The van der Waals surface area contributed by atoms with Crippen molar-refractivity contribution in [3.63, 3.8) is 0 Å². The van der Waals surface area contributed by atoms with E-state index < -0.39 is 0 Å². The molecule has 0 saturated carbocycles. The van der Waals surface area contributed by atoms with Gasteiger partial charge < -0.3 is 10.3 Å². The van der Waals surface area contributed by atoms with Crippen LogP contribution in [0.15, 0.2) is 47.4 Å². The zero-order chi connectivity index (χ0) is 19.2. The van der Waals surface area contributed by atoms with Crippen molar-refractivity contribution in [3.05, 3.63) is 59.7 Å². The molecule has 27 heavy (non-hydrogen) atoms. The highest BCUT2D eigenvalue weighted by Crippen LogP contribution is 2.36. The molecule has 2 aromatic heterocycles. The van der Waals surface area contributed by atoms with Gasteiger partial charge in [-0.05, 0) is 82.4 Å². The van der Waals surface area contributed by atoms with Crippen molar-refractivity contribution in [1.82, 2.24) is 9.58 Å². The maximum Gasteiger partial charge on any atom is 0.196 e. The third-order valence-corrected chi connectivity index (χ3v) is 5.79. The standard InChI is InChI=1S/C22H27N3O2/c1-22(2,3)24-9-6-15(7-10-24)19-13-25(23)20-5-4-16(12-18(19)20)21(26)17-8-11-27-14-17/h4-5,8,11-15H,6-7,9-10,23H2,1-3H3. The summed E-state index contributed by atoms with van der Waals surface area (Å²) < 4.78 is 6.74. The second-order valence-electron chi connectivity index (χ2n) is 8.50. The Hall–Kier alpha value is -2.53. The van der Waals surface area contributed by atoms with Gasteiger partial charge in [0.15, 0.2) is 5.78 Å². The van der Waals surface area contributed by atoms with E-state index in [0.29, 0.717) is 17.0 Å². The van der Waals surface area contributed by atoms with Crippen molar-refractivity contribution >= 4 is 16.7 Å². The SMILES string of the molecule is CC(C)(C)N1CCC(c2cn(N)c3ccc(C(=O)c4ccoc4)cc23)CC1. The number of furan rings is 1. The number of carbonyl (C=O) groups excluding carboxylic acids is 1. The summed E-state index contributed by atoms with van der Waals surface area (Å²) in [6.07, 6.45) is 7.26. The molecule has 1 aliphatic heterocycles. The highest BCUT2D eigenvalue weighted by atomic mass is 16.3. The molecule has 3 aromatic rings. The molecule has 0 radical (unpaired) electrons. The Morgan fingerprint density at radius 2 is 1.89 bits per heavy atom. The van der Waals surface area contributed by atoms with Crippen LogP contribution in [0.5, 0.6) is 0 Å². The number of nitrogen functional groups attached to an aromatic ring is 1. The Labute approximate surface area is 159 Å². The molecule has 2 N–H and O–H groups in total. The molecule has 5 nitrogen and oxygen atoms in total. The maximum atomic E-state index is 12.7. The molecule has 1 aliphatic rings. The Kier molecular flexibility index (Phi) is 4.35. The predicted octanol–water partition coefficient (Wildman–Crippen LogP) is 4.16. The molecular formula is C22H27N3O2. The summed E-state index contributed by atoms with van der Waals surface area (Å²) in [5, 5.41) is 1.08. The summed E-state index contributed by atoms with van der Waals surface area (Å²) in [5.74, 6) is 6.65. The van der Waals surface area contributed by atoms with E-state index in [-0.39, 0.29) is 11.3 Å². The quantitative estimate of drug-likeness (QED) is 0.559. The summed E-state index contributed by atoms with van der Waals surface area (Å²) >= 11 is 0. The first-order chi connectivity index (χ1) is 12.8. The number of carbonyl (C=O) groups is 1. The molecule has 1 saturated heterocycles. The van der Waals surface area contributed by atoms with Gasteiger partial charge in [0.2, 0.25) is 0 Å². The van der Waals surface area contributed by atoms with Gasteiger partial charge in [-0.1, -0.05) is 0 Å². The molecule has 142 valence electrons. The van der Waals surface area contributed by atoms with E-state index in [9.17, 15) is 4.79 Å². The minimum absolute atomic E-state index is 0.0241. The number of nitrogens with zero attached hydrogens (tertiary/aromatic N) is 2. The summed E-state index contributed by atoms with van der Waals surface area (Å²) in [7, 11) is 0. The first kappa shape index (κ1) is 17.9. The lowest BCUT2D eigenvalue weighted by Crippen LogP contribution is -2.45. The molecule has 1 aromatic carbocycles. The van der Waals surface area contributed by atoms with Crippen LogP contribution in [0.3, 0.4) is 0 Å². The summed E-state index contributed by atoms with van der Waals surface area (Å²) in [5.41, 5.74) is 3.66. The normalized spacial score (nSPS) is 16.9. The van der Waals surface area contributed by atoms with Gasteiger partial charge in [-0.2, -0.15) is 0 Å². The van der Waals surface area contributed by atoms with Crippen LogP contribution in [-0.4, -0.2) is 34.0 Å². The Morgan fingerprint density at radius 1 is 1.15 bits per heavy atom. The molecule has 3 heterocycles. The summed E-state index contributed by atoms with van der Waals surface area (Å²) in [6.45, 7) is 8.98. The van der Waals surface area contributed by atoms with Gasteiger partial charge in [-0.3, -0.25) is 14.4 Å². The lowest BCUT2D eigenvalue weighted by molar-refractivity contribution is 0.102. The molecule has 0 aliphatic carbocycles. The highest BCUT2D eigenvalue weighted by Gasteiger charge is 2.29. The number of aromatic nitrogens is 1. The summed E-state index contributed by atoms with van der Waals surface area (Å²) in [4.78, 5) is 15.2. The zero-order valence-electron chi connectivity index (χ0n) is 16.2. The van der Waals surface area contributed by atoms with Crippen molar-refractivity contribution in [3.8, 4) is 0 Å². The van der Waals surface area contributed by atoms with E-state index in [2.05, 4.69) is 25.7 Å². The fraction of sp³-hybridized carbons (Fsp3) is 0.409. The van der Waals surface area contributed by atoms with Gasteiger partial charge in [-0.25, -0.2) is 0 Å². The molecule has 1 fully saturated rings. The van der Waals surface area contributed by atoms with Crippen LogP contribution in [0.25, 0.3) is 10.9 Å². The number of ketones is 1. The van der Waals surface area contributed by atoms with Gasteiger partial charge in [0.25, 0.3) is 0 Å². The monoisotopic (exact) mass is 365 g/mol.